The third kappa shape index (κ3) is 23.2. The summed E-state index contributed by atoms with van der Waals surface area (Å²) < 4.78 is 0. The molecular formula is C68H116N12O14. The molecule has 26 nitrogen and oxygen atoms in total. The molecule has 7 N–H and O–H groups in total. The van der Waals surface area contributed by atoms with Gasteiger partial charge in [0.15, 0.2) is 0 Å². The van der Waals surface area contributed by atoms with Crippen molar-refractivity contribution in [2.45, 2.75) is 222 Å². The average Bonchev–Trinajstić information content (AvgIpc) is 0.814. The highest BCUT2D eigenvalue weighted by Crippen LogP contribution is 2.26. The lowest BCUT2D eigenvalue weighted by atomic mass is 9.91. The summed E-state index contributed by atoms with van der Waals surface area (Å²) in [6.45, 7) is 27.7. The van der Waals surface area contributed by atoms with Gasteiger partial charge in [0, 0.05) is 61.6 Å². The molecule has 0 aromatic heterocycles. The molecule has 2 rings (SSSR count). The fourth-order valence-electron chi connectivity index (χ4n) is 11.6. The van der Waals surface area contributed by atoms with E-state index in [9.17, 15) is 48.6 Å². The minimum absolute atomic E-state index is 0.0262. The smallest absolute Gasteiger partial charge is 0.335 e. The highest BCUT2D eigenvalue weighted by molar-refractivity contribution is 5.99. The number of aliphatic hydroxyl groups is 1. The van der Waals surface area contributed by atoms with E-state index in [1.54, 1.807) is 53.7 Å². The lowest BCUT2D eigenvalue weighted by molar-refractivity contribution is -0.157. The molecule has 1 heterocycles. The van der Waals surface area contributed by atoms with Crippen molar-refractivity contribution in [2.75, 3.05) is 67.7 Å². The number of hydrogen-bond acceptors (Lipinski definition) is 14. The van der Waals surface area contributed by atoms with Crippen molar-refractivity contribution in [3.05, 3.63) is 29.8 Å². The van der Waals surface area contributed by atoms with Crippen LogP contribution in [0.3, 0.4) is 0 Å². The van der Waals surface area contributed by atoms with Crippen LogP contribution in [0.1, 0.15) is 166 Å². The normalized spacial score (nSPS) is 25.3. The number of hydrogen-bond donors (Lipinski definition) is 7. The zero-order valence-corrected chi connectivity index (χ0v) is 60.5. The molecule has 0 bridgehead atoms. The summed E-state index contributed by atoms with van der Waals surface area (Å²) in [4.78, 5) is 182. The van der Waals surface area contributed by atoms with Gasteiger partial charge >= 0.3 is 5.97 Å². The second kappa shape index (κ2) is 37.6. The topological polar surface area (TPSA) is 328 Å². The maximum absolute atomic E-state index is 15.4. The first kappa shape index (κ1) is 82.7. The van der Waals surface area contributed by atoms with Crippen LogP contribution in [0.2, 0.25) is 0 Å². The van der Waals surface area contributed by atoms with Crippen LogP contribution < -0.4 is 26.6 Å². The number of rotatable bonds is 19. The Labute approximate surface area is 559 Å². The maximum atomic E-state index is 15.4. The summed E-state index contributed by atoms with van der Waals surface area (Å²) in [5.74, 6) is -11.2. The molecule has 1 aromatic rings. The van der Waals surface area contributed by atoms with E-state index in [0.29, 0.717) is 12.1 Å². The number of carbonyl (C=O) groups excluding carboxylic acids is 11. The van der Waals surface area contributed by atoms with E-state index in [-0.39, 0.29) is 74.3 Å². The second-order valence-corrected chi connectivity index (χ2v) is 28.2. The Morgan fingerprint density at radius 3 is 1.46 bits per heavy atom. The standard InChI is InChI=1S/C68H116N12O14/c1-24-48-63(88)74(17)36-53(81)75(18)50(33-38(4)5)60(85)73-54(41(10)11)66(91)77(20)51(34-39(6)7)59(84)70-44(15)58(83)71-45(16)62(87)78(21)52(35-40(8)9)65(90)76(19)49(30-25-37(2)3)64(89)79(22)55(42(12)13)67(92)80(23)56(61(86)72-48)57(82)43(14)31-32-69-47-28-26-46(27-29-47)68(93)94/h26-29,37-45,48-52,54-57,69,82H,24-25,30-36H2,1-23H3,(H,70,84)(H,71,83)(H,72,86)(H,73,85)(H,93,94)/t43-,44+,45+,48+,49+,50+,51+,52+,54+,55+,56?,57-/m0/s1. The van der Waals surface area contributed by atoms with Gasteiger partial charge in [0.25, 0.3) is 0 Å². The number of carboxylic acid groups (broad SMARTS) is 1. The summed E-state index contributed by atoms with van der Waals surface area (Å²) in [5, 5.41) is 36.0. The van der Waals surface area contributed by atoms with Crippen molar-refractivity contribution in [3.63, 3.8) is 0 Å². The number of amides is 11. The first-order valence-electron chi connectivity index (χ1n) is 33.3. The van der Waals surface area contributed by atoms with Gasteiger partial charge in [0.2, 0.25) is 65.0 Å². The summed E-state index contributed by atoms with van der Waals surface area (Å²) >= 11 is 0. The first-order chi connectivity index (χ1) is 43.5. The molecular weight excluding hydrogens is 1210 g/mol. The monoisotopic (exact) mass is 1320 g/mol. The van der Waals surface area contributed by atoms with E-state index in [4.69, 9.17) is 0 Å². The predicted molar refractivity (Wildman–Crippen MR) is 360 cm³/mol. The molecule has 0 spiro atoms. The van der Waals surface area contributed by atoms with Crippen LogP contribution in [-0.2, 0) is 52.7 Å². The third-order valence-corrected chi connectivity index (χ3v) is 17.7. The molecule has 0 aliphatic carbocycles. The van der Waals surface area contributed by atoms with Crippen LogP contribution in [0.15, 0.2) is 24.3 Å². The van der Waals surface area contributed by atoms with Gasteiger partial charge in [0.05, 0.1) is 18.2 Å². The van der Waals surface area contributed by atoms with Gasteiger partial charge in [0.1, 0.15) is 60.4 Å². The first-order valence-corrected chi connectivity index (χ1v) is 33.3. The lowest BCUT2D eigenvalue weighted by Crippen LogP contribution is -2.63. The molecule has 0 radical (unpaired) electrons. The number of aliphatic hydroxyl groups excluding tert-OH is 1. The van der Waals surface area contributed by atoms with Gasteiger partial charge in [-0.2, -0.15) is 0 Å². The van der Waals surface area contributed by atoms with Crippen molar-refractivity contribution < 1.29 is 67.7 Å². The minimum Gasteiger partial charge on any atom is -0.478 e. The van der Waals surface area contributed by atoms with Gasteiger partial charge in [-0.25, -0.2) is 4.79 Å². The zero-order valence-electron chi connectivity index (χ0n) is 60.5. The van der Waals surface area contributed by atoms with E-state index in [1.165, 1.54) is 99.8 Å². The minimum atomic E-state index is -1.71. The van der Waals surface area contributed by atoms with Gasteiger partial charge in [-0.15, -0.1) is 0 Å². The molecule has 12 atom stereocenters. The summed E-state index contributed by atoms with van der Waals surface area (Å²) in [7, 11) is 9.81. The summed E-state index contributed by atoms with van der Waals surface area (Å²) in [6, 6.07) is -6.72. The Hall–Kier alpha value is -7.38. The maximum Gasteiger partial charge on any atom is 0.335 e. The van der Waals surface area contributed by atoms with Gasteiger partial charge in [-0.1, -0.05) is 96.9 Å². The molecule has 94 heavy (non-hydrogen) atoms. The van der Waals surface area contributed by atoms with Crippen LogP contribution >= 0.6 is 0 Å². The highest BCUT2D eigenvalue weighted by Gasteiger charge is 2.46. The number of aromatic carboxylic acids is 1. The van der Waals surface area contributed by atoms with E-state index in [0.717, 1.165) is 9.80 Å². The largest absolute Gasteiger partial charge is 0.478 e. The van der Waals surface area contributed by atoms with Gasteiger partial charge in [-0.3, -0.25) is 52.7 Å². The molecule has 1 unspecified atom stereocenters. The number of benzene rings is 1. The molecule has 11 amide bonds. The molecule has 1 saturated heterocycles. The number of anilines is 1. The number of nitrogens with zero attached hydrogens (tertiary/aromatic N) is 7. The molecule has 0 saturated carbocycles. The number of carboxylic acids is 1. The Bertz CT molecular complexity index is 2760. The number of likely N-dealkylation sites (N-methyl/N-ethyl adjacent to an activating group) is 7. The molecule has 1 aliphatic rings. The van der Waals surface area contributed by atoms with E-state index >= 15 is 19.2 Å². The van der Waals surface area contributed by atoms with Crippen molar-refractivity contribution in [3.8, 4) is 0 Å². The average molecular weight is 1330 g/mol. The molecule has 1 aliphatic heterocycles. The van der Waals surface area contributed by atoms with Crippen molar-refractivity contribution in [1.29, 1.82) is 0 Å². The van der Waals surface area contributed by atoms with E-state index in [1.807, 2.05) is 55.4 Å². The Balaban J connectivity index is 2.99. The van der Waals surface area contributed by atoms with E-state index in [2.05, 4.69) is 26.6 Å². The molecule has 532 valence electrons. The van der Waals surface area contributed by atoms with Crippen LogP contribution in [0, 0.1) is 41.4 Å². The van der Waals surface area contributed by atoms with Crippen LogP contribution in [0.25, 0.3) is 0 Å². The van der Waals surface area contributed by atoms with Gasteiger partial charge in [-0.05, 0) is 124 Å². The Morgan fingerprint density at radius 2 is 0.968 bits per heavy atom. The second-order valence-electron chi connectivity index (χ2n) is 28.2. The highest BCUT2D eigenvalue weighted by atomic mass is 16.4. The van der Waals surface area contributed by atoms with Crippen molar-refractivity contribution >= 4 is 76.6 Å². The Morgan fingerprint density at radius 1 is 0.500 bits per heavy atom. The lowest BCUT2D eigenvalue weighted by Gasteiger charge is -2.41. The third-order valence-electron chi connectivity index (χ3n) is 17.7. The zero-order chi connectivity index (χ0) is 72.2. The summed E-state index contributed by atoms with van der Waals surface area (Å²) in [6.07, 6.45) is -0.446. The number of carbonyl (C=O) groups is 12. The molecule has 26 heteroatoms. The van der Waals surface area contributed by atoms with Crippen LogP contribution in [0.4, 0.5) is 5.69 Å². The van der Waals surface area contributed by atoms with Crippen LogP contribution in [0.5, 0.6) is 0 Å². The predicted octanol–water partition coefficient (Wildman–Crippen LogP) is 3.89. The fraction of sp³-hybridized carbons (Fsp3) is 0.735. The SMILES string of the molecule is CC[C@H]1NC(=O)C([C@@H](O)[C@@H](C)CCNc2ccc(C(=O)O)cc2)N(C)C(=O)[C@@H](C(C)C)N(C)C(=O)[C@@H](CCC(C)C)N(C)C(=O)[C@@H](CC(C)C)N(C)C(=O)[C@@H](C)NC(=O)[C@@H](C)NC(=O)[C@@H](CC(C)C)N(C)C(=O)[C@@H](C(C)C)NC(=O)[C@@H](CC(C)C)N(C)C(=O)CN(C)C1=O. The Kier molecular flexibility index (Phi) is 33.1. The summed E-state index contributed by atoms with van der Waals surface area (Å²) in [5.41, 5.74) is 0.657. The molecule has 1 aromatic carbocycles. The quantitative estimate of drug-likeness (QED) is 0.103. The fourth-order valence-corrected chi connectivity index (χ4v) is 11.6. The number of nitrogens with one attached hydrogen (secondary N) is 5. The van der Waals surface area contributed by atoms with Gasteiger partial charge < -0.3 is 71.1 Å². The van der Waals surface area contributed by atoms with Crippen LogP contribution in [-0.4, -0.2) is 244 Å². The molecule has 1 fully saturated rings. The van der Waals surface area contributed by atoms with Crippen molar-refractivity contribution in [1.82, 2.24) is 55.6 Å². The van der Waals surface area contributed by atoms with Crippen molar-refractivity contribution in [2.24, 2.45) is 41.4 Å². The van der Waals surface area contributed by atoms with E-state index < -0.39 is 162 Å².